The van der Waals surface area contributed by atoms with Crippen LogP contribution in [0.2, 0.25) is 0 Å². The molecule has 1 aliphatic heterocycles. The van der Waals surface area contributed by atoms with Crippen molar-refractivity contribution in [1.29, 1.82) is 0 Å². The third kappa shape index (κ3) is 4.26. The summed E-state index contributed by atoms with van der Waals surface area (Å²) in [6, 6.07) is 0.272. The second kappa shape index (κ2) is 7.35. The maximum atomic E-state index is 12.4. The molecule has 0 spiro atoms. The van der Waals surface area contributed by atoms with E-state index in [2.05, 4.69) is 25.1 Å². The first-order valence-electron chi connectivity index (χ1n) is 7.47. The van der Waals surface area contributed by atoms with E-state index in [-0.39, 0.29) is 11.1 Å². The van der Waals surface area contributed by atoms with Crippen LogP contribution in [0.1, 0.15) is 31.7 Å². The van der Waals surface area contributed by atoms with Gasteiger partial charge in [0, 0.05) is 24.7 Å². The number of nitrogens with zero attached hydrogens (tertiary/aromatic N) is 2. The number of sulfonamides is 1. The van der Waals surface area contributed by atoms with Crippen LogP contribution in [-0.4, -0.2) is 56.2 Å². The molecule has 0 saturated carbocycles. The van der Waals surface area contributed by atoms with Crippen LogP contribution >= 0.6 is 0 Å². The van der Waals surface area contributed by atoms with Gasteiger partial charge in [-0.15, -0.1) is 0 Å². The Morgan fingerprint density at radius 1 is 1.48 bits per heavy atom. The lowest BCUT2D eigenvalue weighted by Crippen LogP contribution is -2.44. The summed E-state index contributed by atoms with van der Waals surface area (Å²) in [5, 5.41) is 9.74. The average molecular weight is 315 g/mol. The number of aromatic nitrogens is 2. The minimum Gasteiger partial charge on any atom is -0.313 e. The summed E-state index contributed by atoms with van der Waals surface area (Å²) in [7, 11) is -1.49. The highest BCUT2D eigenvalue weighted by Gasteiger charge is 2.24. The van der Waals surface area contributed by atoms with Crippen LogP contribution < -0.4 is 10.0 Å². The van der Waals surface area contributed by atoms with E-state index in [1.165, 1.54) is 6.42 Å². The van der Waals surface area contributed by atoms with Crippen molar-refractivity contribution >= 4 is 10.0 Å². The molecule has 0 aromatic carbocycles. The highest BCUT2D eigenvalue weighted by molar-refractivity contribution is 7.89. The van der Waals surface area contributed by atoms with E-state index in [1.807, 2.05) is 14.0 Å². The molecule has 1 unspecified atom stereocenters. The molecule has 1 fully saturated rings. The molecule has 0 bridgehead atoms. The number of likely N-dealkylation sites (tertiary alicyclic amines) is 1. The Hall–Kier alpha value is -0.960. The second-order valence-corrected chi connectivity index (χ2v) is 7.19. The average Bonchev–Trinajstić information content (AvgIpc) is 2.93. The number of piperidine rings is 1. The third-order valence-electron chi connectivity index (χ3n) is 3.94. The zero-order valence-electron chi connectivity index (χ0n) is 12.7. The Balaban J connectivity index is 1.99. The zero-order chi connectivity index (χ0) is 15.3. The molecule has 21 heavy (non-hydrogen) atoms. The van der Waals surface area contributed by atoms with Crippen LogP contribution in [0.25, 0.3) is 0 Å². The van der Waals surface area contributed by atoms with Crippen molar-refractivity contribution in [3.8, 4) is 0 Å². The van der Waals surface area contributed by atoms with Gasteiger partial charge < -0.3 is 10.2 Å². The minimum absolute atomic E-state index is 0.168. The molecule has 1 aliphatic rings. The van der Waals surface area contributed by atoms with Crippen molar-refractivity contribution < 1.29 is 8.42 Å². The Morgan fingerprint density at radius 2 is 2.29 bits per heavy atom. The topological polar surface area (TPSA) is 90.1 Å². The zero-order valence-corrected chi connectivity index (χ0v) is 13.5. The Labute approximate surface area is 126 Å². The Kier molecular flexibility index (Phi) is 5.74. The molecule has 1 aromatic rings. The first kappa shape index (κ1) is 16.4. The molecular weight excluding hydrogens is 290 g/mol. The van der Waals surface area contributed by atoms with Crippen molar-refractivity contribution in [3.05, 3.63) is 11.8 Å². The highest BCUT2D eigenvalue weighted by atomic mass is 32.2. The van der Waals surface area contributed by atoms with Crippen molar-refractivity contribution in [3.63, 3.8) is 0 Å². The lowest BCUT2D eigenvalue weighted by molar-refractivity contribution is 0.187. The number of hydrogen-bond acceptors (Lipinski definition) is 5. The predicted molar refractivity (Wildman–Crippen MR) is 81.4 cm³/mol. The number of H-pyrrole nitrogens is 1. The van der Waals surface area contributed by atoms with Gasteiger partial charge >= 0.3 is 0 Å². The summed E-state index contributed by atoms with van der Waals surface area (Å²) in [6.45, 7) is 4.73. The fourth-order valence-electron chi connectivity index (χ4n) is 2.60. The molecule has 3 N–H and O–H groups in total. The molecule has 1 atom stereocenters. The Bertz CT molecular complexity index is 543. The first-order valence-corrected chi connectivity index (χ1v) is 8.95. The van der Waals surface area contributed by atoms with Gasteiger partial charge in [0.1, 0.15) is 0 Å². The van der Waals surface area contributed by atoms with Crippen LogP contribution in [0, 0.1) is 0 Å². The fourth-order valence-corrected chi connectivity index (χ4v) is 3.80. The molecule has 0 radical (unpaired) electrons. The van der Waals surface area contributed by atoms with Gasteiger partial charge in [0.05, 0.1) is 6.20 Å². The predicted octanol–water partition coefficient (Wildman–Crippen LogP) is 0.282. The van der Waals surface area contributed by atoms with Gasteiger partial charge in [0.15, 0.2) is 5.03 Å². The fraction of sp³-hybridized carbons (Fsp3) is 0.769. The quantitative estimate of drug-likeness (QED) is 0.672. The summed E-state index contributed by atoms with van der Waals surface area (Å²) < 4.78 is 27.5. The van der Waals surface area contributed by atoms with Gasteiger partial charge in [-0.1, -0.05) is 13.3 Å². The summed E-state index contributed by atoms with van der Waals surface area (Å²) in [5.41, 5.74) is 0.668. The SMILES string of the molecule is CCNCc1cn[nH]c1S(=O)(=O)NCC1CCCCN1C. The van der Waals surface area contributed by atoms with Crippen molar-refractivity contribution in [1.82, 2.24) is 25.1 Å². The van der Waals surface area contributed by atoms with Crippen LogP contribution in [0.4, 0.5) is 0 Å². The second-order valence-electron chi connectivity index (χ2n) is 5.49. The van der Waals surface area contributed by atoms with Gasteiger partial charge in [-0.3, -0.25) is 5.10 Å². The Morgan fingerprint density at radius 3 is 3.00 bits per heavy atom. The summed E-state index contributed by atoms with van der Waals surface area (Å²) >= 11 is 0. The largest absolute Gasteiger partial charge is 0.313 e. The number of aromatic amines is 1. The summed E-state index contributed by atoms with van der Waals surface area (Å²) in [4.78, 5) is 2.22. The molecular formula is C13H25N5O2S. The first-order chi connectivity index (χ1) is 10.0. The maximum absolute atomic E-state index is 12.4. The van der Waals surface area contributed by atoms with E-state index in [0.717, 1.165) is 25.9 Å². The van der Waals surface area contributed by atoms with Crippen molar-refractivity contribution in [2.24, 2.45) is 0 Å². The van der Waals surface area contributed by atoms with Gasteiger partial charge in [-0.2, -0.15) is 5.10 Å². The molecule has 0 aliphatic carbocycles. The van der Waals surface area contributed by atoms with Crippen LogP contribution in [0.3, 0.4) is 0 Å². The normalized spacial score (nSPS) is 20.8. The van der Waals surface area contributed by atoms with E-state index in [9.17, 15) is 8.42 Å². The van der Waals surface area contributed by atoms with E-state index < -0.39 is 10.0 Å². The molecule has 120 valence electrons. The molecule has 0 amide bonds. The minimum atomic E-state index is -3.54. The lowest BCUT2D eigenvalue weighted by Gasteiger charge is -2.32. The molecule has 2 heterocycles. The van der Waals surface area contributed by atoms with Crippen LogP contribution in [0.5, 0.6) is 0 Å². The monoisotopic (exact) mass is 315 g/mol. The lowest BCUT2D eigenvalue weighted by atomic mass is 10.0. The third-order valence-corrected chi connectivity index (χ3v) is 5.38. The highest BCUT2D eigenvalue weighted by Crippen LogP contribution is 2.16. The van der Waals surface area contributed by atoms with E-state index in [4.69, 9.17) is 0 Å². The molecule has 7 nitrogen and oxygen atoms in total. The van der Waals surface area contributed by atoms with Crippen LogP contribution in [0.15, 0.2) is 11.2 Å². The summed E-state index contributed by atoms with van der Waals surface area (Å²) in [5.74, 6) is 0. The van der Waals surface area contributed by atoms with Gasteiger partial charge in [-0.25, -0.2) is 13.1 Å². The number of rotatable bonds is 7. The maximum Gasteiger partial charge on any atom is 0.257 e. The van der Waals surface area contributed by atoms with Crippen molar-refractivity contribution in [2.75, 3.05) is 26.7 Å². The number of nitrogens with one attached hydrogen (secondary N) is 3. The molecule has 1 aromatic heterocycles. The van der Waals surface area contributed by atoms with Gasteiger partial charge in [0.2, 0.25) is 0 Å². The van der Waals surface area contributed by atoms with Gasteiger partial charge in [-0.05, 0) is 33.0 Å². The van der Waals surface area contributed by atoms with Gasteiger partial charge in [0.25, 0.3) is 10.0 Å². The summed E-state index contributed by atoms with van der Waals surface area (Å²) in [6.07, 6.45) is 4.94. The molecule has 1 saturated heterocycles. The molecule has 2 rings (SSSR count). The number of likely N-dealkylation sites (N-methyl/N-ethyl adjacent to an activating group) is 1. The van der Waals surface area contributed by atoms with Crippen molar-refractivity contribution in [2.45, 2.75) is 43.8 Å². The van der Waals surface area contributed by atoms with E-state index in [1.54, 1.807) is 6.20 Å². The molecule has 8 heteroatoms. The van der Waals surface area contributed by atoms with E-state index in [0.29, 0.717) is 18.7 Å². The smallest absolute Gasteiger partial charge is 0.257 e. The van der Waals surface area contributed by atoms with Crippen LogP contribution in [-0.2, 0) is 16.6 Å². The number of hydrogen-bond donors (Lipinski definition) is 3. The standard InChI is InChI=1S/C13H25N5O2S/c1-3-14-8-11-9-15-17-13(11)21(19,20)16-10-12-6-4-5-7-18(12)2/h9,12,14,16H,3-8,10H2,1-2H3,(H,15,17). The van der Waals surface area contributed by atoms with E-state index >= 15 is 0 Å².